The lowest BCUT2D eigenvalue weighted by Crippen LogP contribution is -2.34. The lowest BCUT2D eigenvalue weighted by atomic mass is 10.2. The van der Waals surface area contributed by atoms with Gasteiger partial charge in [0.2, 0.25) is 0 Å². The van der Waals surface area contributed by atoms with Crippen LogP contribution in [0.2, 0.25) is 0 Å². The molecule has 0 aliphatic heterocycles. The van der Waals surface area contributed by atoms with Crippen molar-refractivity contribution in [3.05, 3.63) is 78.4 Å². The molecule has 0 aromatic carbocycles. The number of amides is 2. The van der Waals surface area contributed by atoms with Crippen molar-refractivity contribution in [2.45, 2.75) is 11.0 Å². The Labute approximate surface area is 233 Å². The van der Waals surface area contributed by atoms with Gasteiger partial charge in [0.1, 0.15) is 0 Å². The van der Waals surface area contributed by atoms with Gasteiger partial charge in [-0.15, -0.1) is 0 Å². The van der Waals surface area contributed by atoms with Crippen molar-refractivity contribution in [3.8, 4) is 0 Å². The van der Waals surface area contributed by atoms with Crippen LogP contribution in [0.4, 0.5) is 38.0 Å². The second-order valence-electron chi connectivity index (χ2n) is 7.51. The zero-order chi connectivity index (χ0) is 32.5. The minimum Gasteiger partial charge on any atom is -0.741 e. The summed E-state index contributed by atoms with van der Waals surface area (Å²) in [7, 11) is -8.53. The molecular formula is C21H19F6N5O8S2. The van der Waals surface area contributed by atoms with Crippen LogP contribution < -0.4 is 19.8 Å². The summed E-state index contributed by atoms with van der Waals surface area (Å²) in [6.45, 7) is 0. The molecule has 2 amide bonds. The molecule has 0 aliphatic rings. The smallest absolute Gasteiger partial charge is 0.485 e. The summed E-state index contributed by atoms with van der Waals surface area (Å²) in [5.74, 6) is 0.495. The summed E-state index contributed by atoms with van der Waals surface area (Å²) in [5, 5.41) is 5.55. The predicted molar refractivity (Wildman–Crippen MR) is 127 cm³/mol. The largest absolute Gasteiger partial charge is 0.741 e. The first kappa shape index (κ1) is 35.8. The number of aromatic nitrogens is 3. The van der Waals surface area contributed by atoms with Crippen LogP contribution in [0.5, 0.6) is 0 Å². The molecule has 3 rings (SSSR count). The van der Waals surface area contributed by atoms with E-state index in [-0.39, 0.29) is 23.2 Å². The molecule has 42 heavy (non-hydrogen) atoms. The Morgan fingerprint density at radius 3 is 1.24 bits per heavy atom. The van der Waals surface area contributed by atoms with Crippen LogP contribution in [0, 0.1) is 0 Å². The van der Waals surface area contributed by atoms with Crippen LogP contribution in [-0.2, 0) is 34.3 Å². The van der Waals surface area contributed by atoms with Crippen molar-refractivity contribution in [1.82, 2.24) is 4.98 Å². The van der Waals surface area contributed by atoms with Gasteiger partial charge >= 0.3 is 22.8 Å². The number of rotatable bonds is 4. The minimum absolute atomic E-state index is 0.166. The molecule has 230 valence electrons. The molecule has 0 bridgehead atoms. The summed E-state index contributed by atoms with van der Waals surface area (Å²) in [4.78, 5) is 29.0. The van der Waals surface area contributed by atoms with Crippen LogP contribution in [0.25, 0.3) is 0 Å². The van der Waals surface area contributed by atoms with E-state index in [1.165, 1.54) is 0 Å². The molecule has 0 atom stereocenters. The fourth-order valence-corrected chi connectivity index (χ4v) is 2.35. The third-order valence-electron chi connectivity index (χ3n) is 4.37. The third-order valence-corrected chi connectivity index (χ3v) is 5.51. The van der Waals surface area contributed by atoms with Crippen molar-refractivity contribution >= 4 is 43.7 Å². The number of hydrogen-bond acceptors (Lipinski definition) is 9. The van der Waals surface area contributed by atoms with Gasteiger partial charge in [0, 0.05) is 12.1 Å². The van der Waals surface area contributed by atoms with E-state index in [1.807, 2.05) is 50.8 Å². The number of nitrogens with one attached hydrogen (secondary N) is 2. The number of anilines is 2. The molecule has 0 saturated heterocycles. The topological polar surface area (TPSA) is 193 Å². The standard InChI is InChI=1S/C19H17N5O2.2CHF3O3S/c1-23-12-5-3-10-16(23)21-18(25)14-8-7-9-15(20-14)19(26)22-17-11-4-6-13-24(17)2;2*2-1(3,4)8(5,6)7/h3-13H,1-2H3;2*(H,5,6,7). The third kappa shape index (κ3) is 11.3. The van der Waals surface area contributed by atoms with Crippen LogP contribution in [-0.4, -0.2) is 53.8 Å². The van der Waals surface area contributed by atoms with Gasteiger partial charge in [-0.1, -0.05) is 18.2 Å². The van der Waals surface area contributed by atoms with E-state index < -0.39 is 31.3 Å². The Morgan fingerprint density at radius 1 is 0.667 bits per heavy atom. The van der Waals surface area contributed by atoms with Gasteiger partial charge in [0.25, 0.3) is 11.6 Å². The highest BCUT2D eigenvalue weighted by Crippen LogP contribution is 2.21. The van der Waals surface area contributed by atoms with E-state index in [4.69, 9.17) is 25.9 Å². The van der Waals surface area contributed by atoms with Gasteiger partial charge in [-0.3, -0.25) is 0 Å². The fraction of sp³-hybridized carbons (Fsp3) is 0.190. The molecule has 21 heteroatoms. The first-order valence-corrected chi connectivity index (χ1v) is 13.4. The zero-order valence-corrected chi connectivity index (χ0v) is 22.7. The molecule has 0 unspecified atom stereocenters. The first-order valence-electron chi connectivity index (χ1n) is 10.6. The Balaban J connectivity index is 0.000000454. The average Bonchev–Trinajstić information content (AvgIpc) is 2.85. The molecule has 3 aromatic heterocycles. The van der Waals surface area contributed by atoms with Gasteiger partial charge in [0.15, 0.2) is 31.6 Å². The van der Waals surface area contributed by atoms with Crippen LogP contribution >= 0.6 is 0 Å². The molecule has 0 fully saturated rings. The molecule has 0 radical (unpaired) electrons. The maximum absolute atomic E-state index is 12.4. The number of alkyl halides is 6. The summed E-state index contributed by atoms with van der Waals surface area (Å²) < 4.78 is 121. The summed E-state index contributed by atoms with van der Waals surface area (Å²) in [5.41, 5.74) is -11.0. The number of nitrogens with zero attached hydrogens (tertiary/aromatic N) is 3. The molecule has 2 N–H and O–H groups in total. The van der Waals surface area contributed by atoms with Crippen molar-refractivity contribution < 1.29 is 71.0 Å². The van der Waals surface area contributed by atoms with Crippen molar-refractivity contribution in [2.24, 2.45) is 14.1 Å². The number of pyridine rings is 3. The molecule has 0 aliphatic carbocycles. The van der Waals surface area contributed by atoms with Crippen LogP contribution in [0.15, 0.2) is 67.0 Å². The van der Waals surface area contributed by atoms with Gasteiger partial charge in [-0.25, -0.2) is 51.2 Å². The highest BCUT2D eigenvalue weighted by molar-refractivity contribution is 7.86. The Kier molecular flexibility index (Phi) is 12.0. The van der Waals surface area contributed by atoms with E-state index >= 15 is 0 Å². The summed E-state index contributed by atoms with van der Waals surface area (Å²) >= 11 is 0. The van der Waals surface area contributed by atoms with Crippen LogP contribution in [0.3, 0.4) is 0 Å². The lowest BCUT2D eigenvalue weighted by Gasteiger charge is -2.08. The zero-order valence-electron chi connectivity index (χ0n) is 21.0. The van der Waals surface area contributed by atoms with E-state index in [9.17, 15) is 35.9 Å². The highest BCUT2D eigenvalue weighted by atomic mass is 32.2. The van der Waals surface area contributed by atoms with Crippen molar-refractivity contribution in [3.63, 3.8) is 0 Å². The molecule has 0 spiro atoms. The van der Waals surface area contributed by atoms with Gasteiger partial charge in [0.05, 0.1) is 26.5 Å². The molecule has 3 aromatic rings. The SMILES string of the molecule is C[n+]1ccccc1NC(=O)c1cccc(C(=O)Nc2cccc[n+]2C)n1.O=S(=O)([O-])C(F)(F)F.O=S(=O)([O-])C(F)(F)F. The number of carbonyl (C=O) groups excluding carboxylic acids is 2. The molecule has 3 heterocycles. The lowest BCUT2D eigenvalue weighted by molar-refractivity contribution is -0.657. The van der Waals surface area contributed by atoms with E-state index in [0.717, 1.165) is 0 Å². The molecular weight excluding hydrogens is 628 g/mol. The Morgan fingerprint density at radius 2 is 0.976 bits per heavy atom. The maximum atomic E-state index is 12.4. The number of carbonyl (C=O) groups is 2. The van der Waals surface area contributed by atoms with Gasteiger partial charge in [-0.2, -0.15) is 26.3 Å². The van der Waals surface area contributed by atoms with E-state index in [0.29, 0.717) is 11.6 Å². The van der Waals surface area contributed by atoms with Gasteiger partial charge < -0.3 is 9.11 Å². The molecule has 13 nitrogen and oxygen atoms in total. The number of hydrogen-bond donors (Lipinski definition) is 2. The summed E-state index contributed by atoms with van der Waals surface area (Å²) in [6.07, 6.45) is 3.65. The van der Waals surface area contributed by atoms with Crippen molar-refractivity contribution in [1.29, 1.82) is 0 Å². The second kappa shape index (κ2) is 14.1. The number of halogens is 6. The molecule has 0 saturated carbocycles. The average molecular weight is 648 g/mol. The van der Waals surface area contributed by atoms with Crippen LogP contribution in [0.1, 0.15) is 21.0 Å². The van der Waals surface area contributed by atoms with E-state index in [2.05, 4.69) is 15.6 Å². The first-order chi connectivity index (χ1) is 19.0. The van der Waals surface area contributed by atoms with Gasteiger partial charge in [-0.05, 0) is 24.3 Å². The highest BCUT2D eigenvalue weighted by Gasteiger charge is 2.37. The predicted octanol–water partition coefficient (Wildman–Crippen LogP) is 1.34. The summed E-state index contributed by atoms with van der Waals surface area (Å²) in [6, 6.07) is 15.7. The number of aryl methyl sites for hydroxylation is 2. The van der Waals surface area contributed by atoms with Crippen molar-refractivity contribution in [2.75, 3.05) is 10.6 Å². The second-order valence-corrected chi connectivity index (χ2v) is 10.3. The fourth-order valence-electron chi connectivity index (χ4n) is 2.35. The minimum atomic E-state index is -6.09. The quantitative estimate of drug-likeness (QED) is 0.182. The Bertz CT molecular complexity index is 1520. The van der Waals surface area contributed by atoms with E-state index in [1.54, 1.807) is 39.5 Å². The Hall–Kier alpha value is -4.21. The normalized spacial score (nSPS) is 11.7. The monoisotopic (exact) mass is 647 g/mol. The maximum Gasteiger partial charge on any atom is 0.485 e.